The standard InChI is InChI=1S/C9H9IN4OS/c1-5(9-11-2-3-16-9)14-7-6(10)8(15)13-4-12-7/h2-5H,1H3,(H2,12,13,14,15). The molecule has 0 fully saturated rings. The maximum absolute atomic E-state index is 11.4. The number of H-pyrrole nitrogens is 1. The highest BCUT2D eigenvalue weighted by Gasteiger charge is 2.11. The Morgan fingerprint density at radius 3 is 3.06 bits per heavy atom. The van der Waals surface area contributed by atoms with Crippen LogP contribution in [0.15, 0.2) is 22.7 Å². The number of nitrogens with zero attached hydrogens (tertiary/aromatic N) is 2. The molecule has 2 rings (SSSR count). The Bertz CT molecular complexity index is 525. The molecule has 0 aliphatic rings. The minimum absolute atomic E-state index is 0.0443. The van der Waals surface area contributed by atoms with Gasteiger partial charge in [-0.15, -0.1) is 11.3 Å². The van der Waals surface area contributed by atoms with E-state index in [-0.39, 0.29) is 11.6 Å². The third kappa shape index (κ3) is 2.40. The third-order valence-electron chi connectivity index (χ3n) is 1.97. The minimum atomic E-state index is -0.135. The van der Waals surface area contributed by atoms with Crippen molar-refractivity contribution in [3.63, 3.8) is 0 Å². The zero-order valence-electron chi connectivity index (χ0n) is 8.40. The molecule has 2 aromatic rings. The number of thiazole rings is 1. The summed E-state index contributed by atoms with van der Waals surface area (Å²) in [7, 11) is 0. The molecule has 1 unspecified atom stereocenters. The average molecular weight is 348 g/mol. The summed E-state index contributed by atoms with van der Waals surface area (Å²) in [5.74, 6) is 0.590. The second-order valence-corrected chi connectivity index (χ2v) is 5.14. The summed E-state index contributed by atoms with van der Waals surface area (Å²) in [5.41, 5.74) is -0.135. The first kappa shape index (κ1) is 11.5. The second-order valence-electron chi connectivity index (χ2n) is 3.13. The van der Waals surface area contributed by atoms with Crippen LogP contribution in [-0.2, 0) is 0 Å². The molecule has 1 atom stereocenters. The van der Waals surface area contributed by atoms with E-state index < -0.39 is 0 Å². The first-order valence-electron chi connectivity index (χ1n) is 4.57. The van der Waals surface area contributed by atoms with Crippen LogP contribution in [0.4, 0.5) is 5.82 Å². The lowest BCUT2D eigenvalue weighted by atomic mass is 10.3. The molecule has 0 amide bonds. The summed E-state index contributed by atoms with van der Waals surface area (Å²) in [6.45, 7) is 1.98. The fraction of sp³-hybridized carbons (Fsp3) is 0.222. The Morgan fingerprint density at radius 1 is 1.56 bits per heavy atom. The van der Waals surface area contributed by atoms with E-state index in [9.17, 15) is 4.79 Å². The first-order valence-corrected chi connectivity index (χ1v) is 6.53. The largest absolute Gasteiger partial charge is 0.360 e. The molecule has 0 aliphatic heterocycles. The Kier molecular flexibility index (Phi) is 3.54. The Labute approximate surface area is 109 Å². The molecule has 0 radical (unpaired) electrons. The van der Waals surface area contributed by atoms with Crippen molar-refractivity contribution >= 4 is 39.7 Å². The number of aromatic amines is 1. The fourth-order valence-corrected chi connectivity index (χ4v) is 2.30. The van der Waals surface area contributed by atoms with E-state index >= 15 is 0 Å². The molecule has 2 heterocycles. The van der Waals surface area contributed by atoms with Gasteiger partial charge in [0.25, 0.3) is 5.56 Å². The predicted octanol–water partition coefficient (Wildman–Crippen LogP) is 2.00. The average Bonchev–Trinajstić information content (AvgIpc) is 2.78. The van der Waals surface area contributed by atoms with Gasteiger partial charge in [0.05, 0.1) is 12.4 Å². The van der Waals surface area contributed by atoms with Gasteiger partial charge in [0, 0.05) is 11.6 Å². The Balaban J connectivity index is 2.21. The van der Waals surface area contributed by atoms with Gasteiger partial charge in [-0.2, -0.15) is 0 Å². The summed E-state index contributed by atoms with van der Waals surface area (Å²) in [6, 6.07) is 0.0443. The zero-order chi connectivity index (χ0) is 11.5. The molecule has 84 valence electrons. The number of hydrogen-bond acceptors (Lipinski definition) is 5. The predicted molar refractivity (Wildman–Crippen MR) is 71.7 cm³/mol. The molecule has 0 aromatic carbocycles. The number of hydrogen-bond donors (Lipinski definition) is 2. The molecule has 7 heteroatoms. The number of nitrogens with one attached hydrogen (secondary N) is 2. The fourth-order valence-electron chi connectivity index (χ4n) is 1.20. The van der Waals surface area contributed by atoms with Crippen LogP contribution >= 0.6 is 33.9 Å². The van der Waals surface area contributed by atoms with Crippen LogP contribution in [0.1, 0.15) is 18.0 Å². The van der Waals surface area contributed by atoms with Crippen molar-refractivity contribution in [2.75, 3.05) is 5.32 Å². The normalized spacial score (nSPS) is 12.4. The molecular formula is C9H9IN4OS. The van der Waals surface area contributed by atoms with E-state index in [0.29, 0.717) is 9.39 Å². The zero-order valence-corrected chi connectivity index (χ0v) is 11.4. The van der Waals surface area contributed by atoms with Crippen molar-refractivity contribution in [3.8, 4) is 0 Å². The van der Waals surface area contributed by atoms with Crippen molar-refractivity contribution in [1.82, 2.24) is 15.0 Å². The van der Waals surface area contributed by atoms with Gasteiger partial charge in [-0.05, 0) is 29.5 Å². The van der Waals surface area contributed by atoms with Crippen LogP contribution < -0.4 is 10.9 Å². The summed E-state index contributed by atoms with van der Waals surface area (Å²) in [6.07, 6.45) is 3.15. The van der Waals surface area contributed by atoms with Gasteiger partial charge in [0.1, 0.15) is 14.4 Å². The molecule has 0 spiro atoms. The number of aromatic nitrogens is 3. The molecule has 0 aliphatic carbocycles. The van der Waals surface area contributed by atoms with Gasteiger partial charge >= 0.3 is 0 Å². The lowest BCUT2D eigenvalue weighted by molar-refractivity contribution is 0.854. The smallest absolute Gasteiger partial charge is 0.266 e. The number of anilines is 1. The number of rotatable bonds is 3. The Hall–Kier alpha value is -0.960. The van der Waals surface area contributed by atoms with E-state index in [1.807, 2.05) is 34.9 Å². The summed E-state index contributed by atoms with van der Waals surface area (Å²) in [5, 5.41) is 6.05. The number of halogens is 1. The summed E-state index contributed by atoms with van der Waals surface area (Å²) < 4.78 is 0.559. The van der Waals surface area contributed by atoms with Crippen LogP contribution in [0.25, 0.3) is 0 Å². The quantitative estimate of drug-likeness (QED) is 0.833. The van der Waals surface area contributed by atoms with Crippen LogP contribution in [0, 0.1) is 3.57 Å². The van der Waals surface area contributed by atoms with Crippen molar-refractivity contribution in [1.29, 1.82) is 0 Å². The monoisotopic (exact) mass is 348 g/mol. The maximum atomic E-state index is 11.4. The van der Waals surface area contributed by atoms with Gasteiger partial charge in [0.15, 0.2) is 0 Å². The highest BCUT2D eigenvalue weighted by molar-refractivity contribution is 14.1. The molecule has 2 N–H and O–H groups in total. The minimum Gasteiger partial charge on any atom is -0.360 e. The Morgan fingerprint density at radius 2 is 2.38 bits per heavy atom. The van der Waals surface area contributed by atoms with Crippen molar-refractivity contribution in [2.45, 2.75) is 13.0 Å². The summed E-state index contributed by atoms with van der Waals surface area (Å²) >= 11 is 3.54. The van der Waals surface area contributed by atoms with Gasteiger partial charge < -0.3 is 10.3 Å². The van der Waals surface area contributed by atoms with Crippen molar-refractivity contribution in [3.05, 3.63) is 36.8 Å². The van der Waals surface area contributed by atoms with E-state index in [4.69, 9.17) is 0 Å². The van der Waals surface area contributed by atoms with Crippen LogP contribution in [-0.4, -0.2) is 15.0 Å². The van der Waals surface area contributed by atoms with Crippen molar-refractivity contribution in [2.24, 2.45) is 0 Å². The molecule has 0 saturated carbocycles. The maximum Gasteiger partial charge on any atom is 0.266 e. The first-order chi connectivity index (χ1) is 7.68. The highest BCUT2D eigenvalue weighted by Crippen LogP contribution is 2.20. The van der Waals surface area contributed by atoms with Gasteiger partial charge in [0.2, 0.25) is 0 Å². The SMILES string of the molecule is CC(Nc1nc[nH]c(=O)c1I)c1nccs1. The topological polar surface area (TPSA) is 70.7 Å². The second kappa shape index (κ2) is 4.91. The lowest BCUT2D eigenvalue weighted by Gasteiger charge is -2.12. The molecular weight excluding hydrogens is 339 g/mol. The van der Waals surface area contributed by atoms with Crippen LogP contribution in [0.5, 0.6) is 0 Å². The lowest BCUT2D eigenvalue weighted by Crippen LogP contribution is -2.16. The molecule has 2 aromatic heterocycles. The van der Waals surface area contributed by atoms with E-state index in [2.05, 4.69) is 20.3 Å². The molecule has 5 nitrogen and oxygen atoms in total. The third-order valence-corrected chi connectivity index (χ3v) is 3.93. The van der Waals surface area contributed by atoms with Crippen molar-refractivity contribution < 1.29 is 0 Å². The highest BCUT2D eigenvalue weighted by atomic mass is 127. The summed E-state index contributed by atoms with van der Waals surface area (Å²) in [4.78, 5) is 22.2. The van der Waals surface area contributed by atoms with E-state index in [0.717, 1.165) is 5.01 Å². The van der Waals surface area contributed by atoms with Gasteiger partial charge in [-0.3, -0.25) is 4.79 Å². The molecule has 0 saturated heterocycles. The van der Waals surface area contributed by atoms with Gasteiger partial charge in [-0.25, -0.2) is 9.97 Å². The molecule has 0 bridgehead atoms. The van der Waals surface area contributed by atoms with Crippen LogP contribution in [0.3, 0.4) is 0 Å². The van der Waals surface area contributed by atoms with E-state index in [1.165, 1.54) is 6.33 Å². The molecule has 16 heavy (non-hydrogen) atoms. The van der Waals surface area contributed by atoms with Gasteiger partial charge in [-0.1, -0.05) is 0 Å². The van der Waals surface area contributed by atoms with E-state index in [1.54, 1.807) is 17.5 Å². The van der Waals surface area contributed by atoms with Crippen LogP contribution in [0.2, 0.25) is 0 Å².